The number of para-hydroxylation sites is 1. The third kappa shape index (κ3) is 3.74. The maximum Gasteiger partial charge on any atom is 0.202 e. The summed E-state index contributed by atoms with van der Waals surface area (Å²) in [5.41, 5.74) is 2.22. The zero-order valence-electron chi connectivity index (χ0n) is 17.6. The van der Waals surface area contributed by atoms with Gasteiger partial charge in [0.25, 0.3) is 0 Å². The molecule has 0 N–H and O–H groups in total. The average molecular weight is 425 g/mol. The van der Waals surface area contributed by atoms with E-state index in [1.807, 2.05) is 18.5 Å². The summed E-state index contributed by atoms with van der Waals surface area (Å²) in [5.74, 6) is 3.28. The van der Waals surface area contributed by atoms with Crippen molar-refractivity contribution in [2.24, 2.45) is 13.0 Å². The molecule has 2 atom stereocenters. The van der Waals surface area contributed by atoms with Gasteiger partial charge >= 0.3 is 0 Å². The molecule has 0 spiro atoms. The number of fused-ring (bicyclic) bond motifs is 1. The van der Waals surface area contributed by atoms with Crippen molar-refractivity contribution in [3.8, 4) is 11.6 Å². The van der Waals surface area contributed by atoms with Crippen LogP contribution in [0, 0.1) is 12.8 Å². The highest BCUT2D eigenvalue weighted by Crippen LogP contribution is 2.35. The first-order valence-electron chi connectivity index (χ1n) is 10.7. The van der Waals surface area contributed by atoms with Crippen LogP contribution in [0.15, 0.2) is 46.3 Å². The normalized spacial score (nSPS) is 21.5. The lowest BCUT2D eigenvalue weighted by atomic mass is 10.1. The SMILES string of the molecule is Cc1ncoc1-c1nnc(SCCCN2C[C@H]3CCN(c4ccccc4)[C@H]3C2)n1C. The monoisotopic (exact) mass is 424 g/mol. The van der Waals surface area contributed by atoms with Crippen LogP contribution in [0.4, 0.5) is 5.69 Å². The molecule has 1 aromatic carbocycles. The summed E-state index contributed by atoms with van der Waals surface area (Å²) in [6, 6.07) is 11.6. The maximum atomic E-state index is 5.46. The first-order chi connectivity index (χ1) is 14.7. The summed E-state index contributed by atoms with van der Waals surface area (Å²) >= 11 is 1.76. The Labute approximate surface area is 181 Å². The van der Waals surface area contributed by atoms with Gasteiger partial charge in [0.15, 0.2) is 17.3 Å². The predicted molar refractivity (Wildman–Crippen MR) is 119 cm³/mol. The molecule has 7 nitrogen and oxygen atoms in total. The van der Waals surface area contributed by atoms with E-state index in [2.05, 4.69) is 55.3 Å². The molecule has 0 unspecified atom stereocenters. The van der Waals surface area contributed by atoms with E-state index in [1.165, 1.54) is 38.1 Å². The quantitative estimate of drug-likeness (QED) is 0.425. The van der Waals surface area contributed by atoms with Gasteiger partial charge in [0.1, 0.15) is 0 Å². The number of oxazole rings is 1. The number of benzene rings is 1. The fourth-order valence-corrected chi connectivity index (χ4v) is 5.61. The van der Waals surface area contributed by atoms with Gasteiger partial charge in [0, 0.05) is 44.2 Å². The molecule has 8 heteroatoms. The Hall–Kier alpha value is -2.32. The minimum Gasteiger partial charge on any atom is -0.440 e. The summed E-state index contributed by atoms with van der Waals surface area (Å²) in [6.45, 7) is 6.68. The molecule has 0 amide bonds. The molecular formula is C22H28N6OS. The Bertz CT molecular complexity index is 987. The molecule has 0 aliphatic carbocycles. The number of hydrogen-bond donors (Lipinski definition) is 0. The summed E-state index contributed by atoms with van der Waals surface area (Å²) in [6.07, 6.45) is 3.92. The fraction of sp³-hybridized carbons (Fsp3) is 0.500. The fourth-order valence-electron chi connectivity index (χ4n) is 4.78. The van der Waals surface area contributed by atoms with Crippen LogP contribution in [-0.4, -0.2) is 62.6 Å². The van der Waals surface area contributed by atoms with Crippen LogP contribution in [-0.2, 0) is 7.05 Å². The maximum absolute atomic E-state index is 5.46. The highest BCUT2D eigenvalue weighted by molar-refractivity contribution is 7.99. The summed E-state index contributed by atoms with van der Waals surface area (Å²) in [7, 11) is 1.99. The number of aryl methyl sites for hydroxylation is 1. The lowest BCUT2D eigenvalue weighted by molar-refractivity contribution is 0.319. The van der Waals surface area contributed by atoms with E-state index in [4.69, 9.17) is 4.42 Å². The van der Waals surface area contributed by atoms with E-state index in [0.717, 1.165) is 41.3 Å². The minimum absolute atomic E-state index is 0.673. The number of rotatable bonds is 7. The smallest absolute Gasteiger partial charge is 0.202 e. The van der Waals surface area contributed by atoms with Crippen LogP contribution >= 0.6 is 11.8 Å². The van der Waals surface area contributed by atoms with Crippen molar-refractivity contribution < 1.29 is 4.42 Å². The van der Waals surface area contributed by atoms with Crippen molar-refractivity contribution in [2.75, 3.05) is 36.8 Å². The van der Waals surface area contributed by atoms with E-state index in [1.54, 1.807) is 11.8 Å². The summed E-state index contributed by atoms with van der Waals surface area (Å²) < 4.78 is 7.46. The number of thioether (sulfide) groups is 1. The lowest BCUT2D eigenvalue weighted by Gasteiger charge is -2.27. The van der Waals surface area contributed by atoms with Crippen molar-refractivity contribution in [2.45, 2.75) is 31.0 Å². The molecule has 3 aromatic rings. The van der Waals surface area contributed by atoms with Gasteiger partial charge in [-0.15, -0.1) is 10.2 Å². The van der Waals surface area contributed by atoms with Crippen molar-refractivity contribution in [1.29, 1.82) is 0 Å². The Kier molecular flexibility index (Phi) is 5.52. The van der Waals surface area contributed by atoms with Crippen molar-refractivity contribution in [3.05, 3.63) is 42.4 Å². The number of aromatic nitrogens is 4. The average Bonchev–Trinajstić information content (AvgIpc) is 3.51. The molecule has 0 saturated carbocycles. The molecule has 2 saturated heterocycles. The molecule has 30 heavy (non-hydrogen) atoms. The highest BCUT2D eigenvalue weighted by Gasteiger charge is 2.40. The summed E-state index contributed by atoms with van der Waals surface area (Å²) in [4.78, 5) is 9.41. The Balaban J connectivity index is 1.11. The van der Waals surface area contributed by atoms with Crippen LogP contribution in [0.3, 0.4) is 0 Å². The number of hydrogen-bond acceptors (Lipinski definition) is 7. The predicted octanol–water partition coefficient (Wildman–Crippen LogP) is 3.47. The third-order valence-electron chi connectivity index (χ3n) is 6.34. The molecule has 5 rings (SSSR count). The molecule has 2 aliphatic heterocycles. The molecular weight excluding hydrogens is 396 g/mol. The molecule has 0 radical (unpaired) electrons. The highest BCUT2D eigenvalue weighted by atomic mass is 32.2. The first-order valence-corrected chi connectivity index (χ1v) is 11.7. The van der Waals surface area contributed by atoms with Crippen molar-refractivity contribution in [1.82, 2.24) is 24.6 Å². The second-order valence-electron chi connectivity index (χ2n) is 8.24. The molecule has 2 fully saturated rings. The Morgan fingerprint density at radius 3 is 2.83 bits per heavy atom. The molecule has 0 bridgehead atoms. The molecule has 2 aromatic heterocycles. The van der Waals surface area contributed by atoms with Gasteiger partial charge in [0.05, 0.1) is 5.69 Å². The van der Waals surface area contributed by atoms with Crippen molar-refractivity contribution >= 4 is 17.4 Å². The second kappa shape index (κ2) is 8.43. The zero-order chi connectivity index (χ0) is 20.5. The van der Waals surface area contributed by atoms with E-state index in [-0.39, 0.29) is 0 Å². The standard InChI is InChI=1S/C22H28N6OS/c1-16-20(29-15-23-16)21-24-25-22(26(21)2)30-12-6-10-27-13-17-9-11-28(19(17)14-27)18-7-4-3-5-8-18/h3-5,7-8,15,17,19H,6,9-14H2,1-2H3/t17-,19+/m1/s1. The first kappa shape index (κ1) is 19.6. The number of nitrogens with zero attached hydrogens (tertiary/aromatic N) is 6. The van der Waals surface area contributed by atoms with Crippen LogP contribution in [0.1, 0.15) is 18.5 Å². The van der Waals surface area contributed by atoms with Gasteiger partial charge in [-0.25, -0.2) is 4.98 Å². The molecule has 4 heterocycles. The largest absolute Gasteiger partial charge is 0.440 e. The van der Waals surface area contributed by atoms with Gasteiger partial charge in [-0.05, 0) is 44.4 Å². The number of anilines is 1. The van der Waals surface area contributed by atoms with Crippen LogP contribution in [0.2, 0.25) is 0 Å². The Morgan fingerprint density at radius 2 is 2.03 bits per heavy atom. The van der Waals surface area contributed by atoms with Crippen LogP contribution in [0.25, 0.3) is 11.6 Å². The van der Waals surface area contributed by atoms with Gasteiger partial charge in [-0.1, -0.05) is 30.0 Å². The summed E-state index contributed by atoms with van der Waals surface area (Å²) in [5, 5.41) is 9.56. The van der Waals surface area contributed by atoms with Crippen molar-refractivity contribution in [3.63, 3.8) is 0 Å². The van der Waals surface area contributed by atoms with Crippen LogP contribution < -0.4 is 4.90 Å². The molecule has 158 valence electrons. The Morgan fingerprint density at radius 1 is 1.17 bits per heavy atom. The van der Waals surface area contributed by atoms with E-state index >= 15 is 0 Å². The lowest BCUT2D eigenvalue weighted by Crippen LogP contribution is -2.35. The van der Waals surface area contributed by atoms with Gasteiger partial charge in [0.2, 0.25) is 5.82 Å². The third-order valence-corrected chi connectivity index (χ3v) is 7.45. The van der Waals surface area contributed by atoms with Crippen LogP contribution in [0.5, 0.6) is 0 Å². The van der Waals surface area contributed by atoms with E-state index < -0.39 is 0 Å². The molecule has 2 aliphatic rings. The van der Waals surface area contributed by atoms with Gasteiger partial charge < -0.3 is 18.8 Å². The van der Waals surface area contributed by atoms with E-state index in [9.17, 15) is 0 Å². The topological polar surface area (TPSA) is 63.2 Å². The number of likely N-dealkylation sites (tertiary alicyclic amines) is 1. The second-order valence-corrected chi connectivity index (χ2v) is 9.30. The van der Waals surface area contributed by atoms with Gasteiger partial charge in [-0.2, -0.15) is 0 Å². The van der Waals surface area contributed by atoms with E-state index in [0.29, 0.717) is 11.8 Å². The van der Waals surface area contributed by atoms with Gasteiger partial charge in [-0.3, -0.25) is 0 Å². The zero-order valence-corrected chi connectivity index (χ0v) is 18.4. The minimum atomic E-state index is 0.673.